The van der Waals surface area contributed by atoms with Gasteiger partial charge in [0.2, 0.25) is 0 Å². The quantitative estimate of drug-likeness (QED) is 0.554. The maximum Gasteiger partial charge on any atom is 0.306 e. The Bertz CT molecular complexity index is 1040. The Morgan fingerprint density at radius 1 is 1.00 bits per heavy atom. The van der Waals surface area contributed by atoms with Gasteiger partial charge in [-0.05, 0) is 37.6 Å². The van der Waals surface area contributed by atoms with Crippen molar-refractivity contribution >= 4 is 29.4 Å². The summed E-state index contributed by atoms with van der Waals surface area (Å²) in [5.74, 6) is -4.39. The fourth-order valence-electron chi connectivity index (χ4n) is 2.98. The van der Waals surface area contributed by atoms with Crippen LogP contribution < -0.4 is 5.32 Å². The number of carbonyl (C=O) groups is 4. The van der Waals surface area contributed by atoms with Crippen LogP contribution >= 0.6 is 0 Å². The average Bonchev–Trinajstić information content (AvgIpc) is 2.93. The molecule has 0 fully saturated rings. The summed E-state index contributed by atoms with van der Waals surface area (Å²) in [6.07, 6.45) is 0.0684. The Labute approximate surface area is 170 Å². The normalized spacial score (nSPS) is 12.7. The molecule has 0 aliphatic carbocycles. The van der Waals surface area contributed by atoms with Gasteiger partial charge in [-0.3, -0.25) is 24.1 Å². The first-order chi connectivity index (χ1) is 14.3. The van der Waals surface area contributed by atoms with Crippen molar-refractivity contribution in [2.45, 2.75) is 19.8 Å². The topological polar surface area (TPSA) is 92.8 Å². The van der Waals surface area contributed by atoms with Crippen molar-refractivity contribution in [1.29, 1.82) is 0 Å². The Morgan fingerprint density at radius 2 is 1.73 bits per heavy atom. The van der Waals surface area contributed by atoms with E-state index in [-0.39, 0.29) is 25.1 Å². The van der Waals surface area contributed by atoms with Crippen LogP contribution in [0.2, 0.25) is 0 Å². The highest BCUT2D eigenvalue weighted by atomic mass is 19.2. The number of benzene rings is 2. The van der Waals surface area contributed by atoms with Crippen LogP contribution in [-0.2, 0) is 14.3 Å². The van der Waals surface area contributed by atoms with Gasteiger partial charge in [-0.2, -0.15) is 0 Å². The number of nitrogens with one attached hydrogen (secondary N) is 1. The predicted molar refractivity (Wildman–Crippen MR) is 102 cm³/mol. The SMILES string of the molecule is Cc1ccc2c(c1)C(=O)N(CCCC(=O)OCC(=O)Nc1ccc(F)c(F)c1)C2=O. The predicted octanol–water partition coefficient (Wildman–Crippen LogP) is 2.83. The number of fused-ring (bicyclic) bond motifs is 1. The monoisotopic (exact) mass is 416 g/mol. The van der Waals surface area contributed by atoms with Crippen LogP contribution in [0.5, 0.6) is 0 Å². The molecule has 1 aliphatic rings. The van der Waals surface area contributed by atoms with Gasteiger partial charge in [-0.25, -0.2) is 8.78 Å². The zero-order valence-electron chi connectivity index (χ0n) is 16.0. The molecule has 3 amide bonds. The third-order valence-electron chi connectivity index (χ3n) is 4.46. The maximum atomic E-state index is 13.1. The Balaban J connectivity index is 1.42. The van der Waals surface area contributed by atoms with Gasteiger partial charge in [0.15, 0.2) is 18.2 Å². The highest BCUT2D eigenvalue weighted by Crippen LogP contribution is 2.24. The summed E-state index contributed by atoms with van der Waals surface area (Å²) in [5, 5.41) is 2.27. The minimum absolute atomic E-state index is 0.0239. The second-order valence-electron chi connectivity index (χ2n) is 6.75. The molecule has 1 N–H and O–H groups in total. The van der Waals surface area contributed by atoms with Gasteiger partial charge in [-0.1, -0.05) is 11.6 Å². The van der Waals surface area contributed by atoms with Gasteiger partial charge in [0.25, 0.3) is 17.7 Å². The van der Waals surface area contributed by atoms with Crippen molar-refractivity contribution in [2.24, 2.45) is 0 Å². The van der Waals surface area contributed by atoms with E-state index in [4.69, 9.17) is 4.74 Å². The minimum Gasteiger partial charge on any atom is -0.456 e. The summed E-state index contributed by atoms with van der Waals surface area (Å²) in [6.45, 7) is 1.26. The van der Waals surface area contributed by atoms with E-state index in [1.807, 2.05) is 6.92 Å². The molecular weight excluding hydrogens is 398 g/mol. The number of aryl methyl sites for hydroxylation is 1. The van der Waals surface area contributed by atoms with Crippen LogP contribution in [0, 0.1) is 18.6 Å². The molecule has 0 spiro atoms. The number of halogens is 2. The van der Waals surface area contributed by atoms with E-state index < -0.39 is 41.9 Å². The Morgan fingerprint density at radius 3 is 2.47 bits per heavy atom. The number of hydrogen-bond acceptors (Lipinski definition) is 5. The molecule has 0 atom stereocenters. The number of hydrogen-bond donors (Lipinski definition) is 1. The fourth-order valence-corrected chi connectivity index (χ4v) is 2.98. The fraction of sp³-hybridized carbons (Fsp3) is 0.238. The molecule has 0 saturated heterocycles. The molecule has 30 heavy (non-hydrogen) atoms. The number of ether oxygens (including phenoxy) is 1. The average molecular weight is 416 g/mol. The summed E-state index contributed by atoms with van der Waals surface area (Å²) >= 11 is 0. The summed E-state index contributed by atoms with van der Waals surface area (Å²) in [7, 11) is 0. The number of anilines is 1. The van der Waals surface area contributed by atoms with E-state index in [2.05, 4.69) is 5.32 Å². The Hall–Kier alpha value is -3.62. The largest absolute Gasteiger partial charge is 0.456 e. The van der Waals surface area contributed by atoms with Crippen LogP contribution in [0.15, 0.2) is 36.4 Å². The lowest BCUT2D eigenvalue weighted by atomic mass is 10.1. The first-order valence-electron chi connectivity index (χ1n) is 9.13. The van der Waals surface area contributed by atoms with Gasteiger partial charge in [0.05, 0.1) is 11.1 Å². The molecule has 0 saturated carbocycles. The molecule has 0 bridgehead atoms. The van der Waals surface area contributed by atoms with Crippen LogP contribution in [-0.4, -0.2) is 41.7 Å². The van der Waals surface area contributed by atoms with E-state index in [0.717, 1.165) is 22.6 Å². The second-order valence-corrected chi connectivity index (χ2v) is 6.75. The molecule has 1 heterocycles. The maximum absolute atomic E-state index is 13.1. The van der Waals surface area contributed by atoms with E-state index >= 15 is 0 Å². The number of carbonyl (C=O) groups excluding carboxylic acids is 4. The Kier molecular flexibility index (Phi) is 6.20. The van der Waals surface area contributed by atoms with Gasteiger partial charge in [0.1, 0.15) is 0 Å². The van der Waals surface area contributed by atoms with Crippen LogP contribution in [0.4, 0.5) is 14.5 Å². The third-order valence-corrected chi connectivity index (χ3v) is 4.46. The lowest BCUT2D eigenvalue weighted by Crippen LogP contribution is -2.31. The first kappa shape index (κ1) is 21.1. The standard InChI is InChI=1S/C21H18F2N2O5/c1-12-4-6-14-15(9-12)21(29)25(20(14)28)8-2-3-19(27)30-11-18(26)24-13-5-7-16(22)17(23)10-13/h4-7,9-10H,2-3,8,11H2,1H3,(H,24,26). The van der Waals surface area contributed by atoms with Crippen molar-refractivity contribution in [2.75, 3.05) is 18.5 Å². The summed E-state index contributed by atoms with van der Waals surface area (Å²) < 4.78 is 30.8. The van der Waals surface area contributed by atoms with Crippen molar-refractivity contribution < 1.29 is 32.7 Å². The molecule has 2 aromatic carbocycles. The molecule has 0 unspecified atom stereocenters. The van der Waals surface area contributed by atoms with Crippen molar-refractivity contribution in [3.8, 4) is 0 Å². The van der Waals surface area contributed by atoms with Gasteiger partial charge in [0, 0.05) is 24.7 Å². The lowest BCUT2D eigenvalue weighted by molar-refractivity contribution is -0.147. The number of rotatable bonds is 7. The third kappa shape index (κ3) is 4.68. The van der Waals surface area contributed by atoms with Gasteiger partial charge in [-0.15, -0.1) is 0 Å². The molecule has 0 aromatic heterocycles. The molecule has 1 aliphatic heterocycles. The highest BCUT2D eigenvalue weighted by molar-refractivity contribution is 6.21. The van der Waals surface area contributed by atoms with E-state index in [9.17, 15) is 28.0 Å². The summed E-state index contributed by atoms with van der Waals surface area (Å²) in [5.41, 5.74) is 1.57. The smallest absolute Gasteiger partial charge is 0.306 e. The first-order valence-corrected chi connectivity index (χ1v) is 9.13. The van der Waals surface area contributed by atoms with E-state index in [1.54, 1.807) is 18.2 Å². The zero-order chi connectivity index (χ0) is 21.8. The number of esters is 1. The summed E-state index contributed by atoms with van der Waals surface area (Å²) in [4.78, 5) is 49.3. The van der Waals surface area contributed by atoms with Gasteiger partial charge >= 0.3 is 5.97 Å². The number of nitrogens with zero attached hydrogens (tertiary/aromatic N) is 1. The van der Waals surface area contributed by atoms with E-state index in [0.29, 0.717) is 11.1 Å². The van der Waals surface area contributed by atoms with Crippen molar-refractivity contribution in [1.82, 2.24) is 4.90 Å². The molecule has 7 nitrogen and oxygen atoms in total. The van der Waals surface area contributed by atoms with Crippen LogP contribution in [0.1, 0.15) is 39.1 Å². The molecule has 9 heteroatoms. The molecule has 156 valence electrons. The van der Waals surface area contributed by atoms with Crippen LogP contribution in [0.3, 0.4) is 0 Å². The zero-order valence-corrected chi connectivity index (χ0v) is 16.0. The van der Waals surface area contributed by atoms with Crippen molar-refractivity contribution in [3.05, 3.63) is 64.7 Å². The lowest BCUT2D eigenvalue weighted by Gasteiger charge is -2.13. The minimum atomic E-state index is -1.12. The molecular formula is C21H18F2N2O5. The molecule has 0 radical (unpaired) electrons. The van der Waals surface area contributed by atoms with E-state index in [1.165, 1.54) is 6.07 Å². The van der Waals surface area contributed by atoms with Crippen molar-refractivity contribution in [3.63, 3.8) is 0 Å². The highest BCUT2D eigenvalue weighted by Gasteiger charge is 2.35. The second kappa shape index (κ2) is 8.81. The molecule has 3 rings (SSSR count). The number of amides is 3. The van der Waals surface area contributed by atoms with Gasteiger partial charge < -0.3 is 10.1 Å². The number of imide groups is 1. The van der Waals surface area contributed by atoms with Crippen LogP contribution in [0.25, 0.3) is 0 Å². The summed E-state index contributed by atoms with van der Waals surface area (Å²) in [6, 6.07) is 7.83. The molecule has 2 aromatic rings.